The van der Waals surface area contributed by atoms with Gasteiger partial charge in [-0.2, -0.15) is 11.8 Å². The number of hydrogen-bond donors (Lipinski definition) is 0. The standard InChI is InChI=1S/C16H15OS/c17-16(11-13-7-4-10-18-13)15-9-3-6-12-5-1-2-8-14(12)15/h1-3,5-6,8-9H,4,7,10-11H2. The van der Waals surface area contributed by atoms with E-state index in [1.54, 1.807) is 0 Å². The molecular weight excluding hydrogens is 240 g/mol. The van der Waals surface area contributed by atoms with Gasteiger partial charge in [-0.05, 0) is 29.4 Å². The Bertz CT molecular complexity index is 565. The summed E-state index contributed by atoms with van der Waals surface area (Å²) in [5.41, 5.74) is 0.869. The second-order valence-corrected chi connectivity index (χ2v) is 5.89. The van der Waals surface area contributed by atoms with E-state index in [1.165, 1.54) is 17.4 Å². The topological polar surface area (TPSA) is 17.1 Å². The number of rotatable bonds is 3. The highest BCUT2D eigenvalue weighted by Crippen LogP contribution is 2.37. The molecule has 0 saturated carbocycles. The highest BCUT2D eigenvalue weighted by molar-refractivity contribution is 8.02. The Morgan fingerprint density at radius 3 is 2.78 bits per heavy atom. The van der Waals surface area contributed by atoms with E-state index in [9.17, 15) is 4.79 Å². The zero-order valence-electron chi connectivity index (χ0n) is 10.2. The van der Waals surface area contributed by atoms with Crippen LogP contribution < -0.4 is 0 Å². The first kappa shape index (κ1) is 11.8. The zero-order chi connectivity index (χ0) is 12.4. The summed E-state index contributed by atoms with van der Waals surface area (Å²) < 4.78 is 0. The van der Waals surface area contributed by atoms with Gasteiger partial charge in [-0.3, -0.25) is 4.79 Å². The summed E-state index contributed by atoms with van der Waals surface area (Å²) in [5.74, 6) is 1.44. The van der Waals surface area contributed by atoms with Crippen LogP contribution in [0.15, 0.2) is 42.5 Å². The highest BCUT2D eigenvalue weighted by Gasteiger charge is 2.21. The van der Waals surface area contributed by atoms with Gasteiger partial charge < -0.3 is 0 Å². The Morgan fingerprint density at radius 2 is 1.94 bits per heavy atom. The van der Waals surface area contributed by atoms with E-state index in [1.807, 2.05) is 42.1 Å². The highest BCUT2D eigenvalue weighted by atomic mass is 32.2. The van der Waals surface area contributed by atoms with E-state index in [4.69, 9.17) is 0 Å². The largest absolute Gasteiger partial charge is 0.294 e. The van der Waals surface area contributed by atoms with Crippen LogP contribution in [0.2, 0.25) is 0 Å². The number of ketones is 1. The maximum atomic E-state index is 12.4. The van der Waals surface area contributed by atoms with Crippen LogP contribution in [-0.4, -0.2) is 11.5 Å². The van der Waals surface area contributed by atoms with Crippen LogP contribution in [0.4, 0.5) is 0 Å². The van der Waals surface area contributed by atoms with E-state index in [2.05, 4.69) is 12.1 Å². The van der Waals surface area contributed by atoms with Crippen molar-refractivity contribution in [2.45, 2.75) is 19.3 Å². The monoisotopic (exact) mass is 255 g/mol. The summed E-state index contributed by atoms with van der Waals surface area (Å²) in [6.07, 6.45) is 2.95. The van der Waals surface area contributed by atoms with Gasteiger partial charge in [-0.15, -0.1) is 0 Å². The van der Waals surface area contributed by atoms with Crippen molar-refractivity contribution in [2.75, 3.05) is 5.75 Å². The van der Waals surface area contributed by atoms with Crippen molar-refractivity contribution in [3.63, 3.8) is 0 Å². The van der Waals surface area contributed by atoms with Crippen LogP contribution in [0.1, 0.15) is 29.6 Å². The molecule has 1 radical (unpaired) electrons. The minimum atomic E-state index is 0.260. The van der Waals surface area contributed by atoms with Gasteiger partial charge in [0, 0.05) is 17.2 Å². The normalized spacial score (nSPS) is 16.2. The maximum Gasteiger partial charge on any atom is 0.164 e. The molecule has 3 rings (SSSR count). The number of fused-ring (bicyclic) bond motifs is 1. The van der Waals surface area contributed by atoms with E-state index in [0.717, 1.165) is 22.8 Å². The van der Waals surface area contributed by atoms with Crippen LogP contribution >= 0.6 is 11.8 Å². The SMILES string of the molecule is O=C(C[C]1CCCS1)c1cccc2ccccc12. The molecule has 0 N–H and O–H groups in total. The van der Waals surface area contributed by atoms with Gasteiger partial charge >= 0.3 is 0 Å². The summed E-state index contributed by atoms with van der Waals surface area (Å²) in [7, 11) is 0. The van der Waals surface area contributed by atoms with Crippen molar-refractivity contribution in [1.82, 2.24) is 0 Å². The summed E-state index contributed by atoms with van der Waals surface area (Å²) in [6.45, 7) is 0. The number of benzene rings is 2. The van der Waals surface area contributed by atoms with Crippen LogP contribution in [0, 0.1) is 5.25 Å². The Balaban J connectivity index is 1.91. The van der Waals surface area contributed by atoms with E-state index in [0.29, 0.717) is 6.42 Å². The molecule has 1 aliphatic heterocycles. The number of hydrogen-bond acceptors (Lipinski definition) is 2. The fourth-order valence-electron chi connectivity index (χ4n) is 2.44. The lowest BCUT2D eigenvalue weighted by molar-refractivity contribution is 0.0991. The smallest absolute Gasteiger partial charge is 0.164 e. The van der Waals surface area contributed by atoms with Crippen molar-refractivity contribution in [3.8, 4) is 0 Å². The van der Waals surface area contributed by atoms with Gasteiger partial charge in [0.25, 0.3) is 0 Å². The van der Waals surface area contributed by atoms with Crippen molar-refractivity contribution in [1.29, 1.82) is 0 Å². The average molecular weight is 255 g/mol. The second-order valence-electron chi connectivity index (χ2n) is 4.62. The molecule has 1 saturated heterocycles. The Kier molecular flexibility index (Phi) is 3.37. The third-order valence-electron chi connectivity index (χ3n) is 3.35. The maximum absolute atomic E-state index is 12.4. The van der Waals surface area contributed by atoms with E-state index in [-0.39, 0.29) is 5.78 Å². The second kappa shape index (κ2) is 5.15. The molecule has 91 valence electrons. The molecule has 18 heavy (non-hydrogen) atoms. The van der Waals surface area contributed by atoms with Gasteiger partial charge in [-0.25, -0.2) is 0 Å². The summed E-state index contributed by atoms with van der Waals surface area (Å²) in [4.78, 5) is 12.4. The van der Waals surface area contributed by atoms with Crippen molar-refractivity contribution in [2.24, 2.45) is 0 Å². The van der Waals surface area contributed by atoms with Crippen LogP contribution in [0.3, 0.4) is 0 Å². The van der Waals surface area contributed by atoms with Crippen molar-refractivity contribution >= 4 is 28.3 Å². The summed E-state index contributed by atoms with van der Waals surface area (Å²) in [5, 5.41) is 3.58. The van der Waals surface area contributed by atoms with Gasteiger partial charge in [0.1, 0.15) is 0 Å². The number of carbonyl (C=O) groups is 1. The fourth-order valence-corrected chi connectivity index (χ4v) is 3.54. The first-order chi connectivity index (χ1) is 8.84. The quantitative estimate of drug-likeness (QED) is 0.753. The van der Waals surface area contributed by atoms with Gasteiger partial charge in [-0.1, -0.05) is 42.5 Å². The lowest BCUT2D eigenvalue weighted by Gasteiger charge is -2.08. The molecule has 0 unspecified atom stereocenters. The molecule has 0 spiro atoms. The van der Waals surface area contributed by atoms with Crippen LogP contribution in [-0.2, 0) is 0 Å². The van der Waals surface area contributed by atoms with Crippen LogP contribution in [0.25, 0.3) is 10.8 Å². The van der Waals surface area contributed by atoms with Crippen molar-refractivity contribution in [3.05, 3.63) is 53.3 Å². The third kappa shape index (κ3) is 2.30. The molecule has 1 nitrogen and oxygen atoms in total. The lowest BCUT2D eigenvalue weighted by Crippen LogP contribution is -2.03. The fraction of sp³-hybridized carbons (Fsp3) is 0.250. The van der Waals surface area contributed by atoms with Crippen LogP contribution in [0.5, 0.6) is 0 Å². The predicted molar refractivity (Wildman–Crippen MR) is 77.8 cm³/mol. The summed E-state index contributed by atoms with van der Waals surface area (Å²) in [6, 6.07) is 14.1. The molecule has 1 fully saturated rings. The molecule has 2 aromatic rings. The molecular formula is C16H15OS. The molecule has 0 amide bonds. The first-order valence-corrected chi connectivity index (χ1v) is 7.31. The minimum absolute atomic E-state index is 0.260. The summed E-state index contributed by atoms with van der Waals surface area (Å²) >= 11 is 1.87. The predicted octanol–water partition coefficient (Wildman–Crippen LogP) is 4.47. The molecule has 1 heterocycles. The molecule has 0 aromatic heterocycles. The number of carbonyl (C=O) groups excluding carboxylic acids is 1. The van der Waals surface area contributed by atoms with E-state index < -0.39 is 0 Å². The Hall–Kier alpha value is -1.28. The third-order valence-corrected chi connectivity index (χ3v) is 4.60. The molecule has 2 heteroatoms. The molecule has 1 aliphatic rings. The molecule has 0 bridgehead atoms. The average Bonchev–Trinajstić information content (AvgIpc) is 2.91. The minimum Gasteiger partial charge on any atom is -0.294 e. The Labute approximate surface area is 112 Å². The number of Topliss-reactive ketones (excluding diaryl/α,β-unsaturated/α-hetero) is 1. The van der Waals surface area contributed by atoms with Crippen molar-refractivity contribution < 1.29 is 4.79 Å². The van der Waals surface area contributed by atoms with Gasteiger partial charge in [0.2, 0.25) is 0 Å². The van der Waals surface area contributed by atoms with E-state index >= 15 is 0 Å². The van der Waals surface area contributed by atoms with Gasteiger partial charge in [0.15, 0.2) is 5.78 Å². The molecule has 0 aliphatic carbocycles. The van der Waals surface area contributed by atoms with Gasteiger partial charge in [0.05, 0.1) is 0 Å². The Morgan fingerprint density at radius 1 is 1.11 bits per heavy atom. The number of thioether (sulfide) groups is 1. The lowest BCUT2D eigenvalue weighted by atomic mass is 9.98. The first-order valence-electron chi connectivity index (χ1n) is 6.33. The molecule has 2 aromatic carbocycles. The zero-order valence-corrected chi connectivity index (χ0v) is 11.0. The molecule has 0 atom stereocenters.